The minimum atomic E-state index is -0.142. The number of carbonyl (C=O) groups excluding carboxylic acids is 1. The van der Waals surface area contributed by atoms with Crippen molar-refractivity contribution in [2.24, 2.45) is 0 Å². The highest BCUT2D eigenvalue weighted by Gasteiger charge is 2.17. The Hall–Kier alpha value is -2.89. The van der Waals surface area contributed by atoms with Gasteiger partial charge in [0.15, 0.2) is 4.34 Å². The Kier molecular flexibility index (Phi) is 6.63. The van der Waals surface area contributed by atoms with E-state index in [9.17, 15) is 4.79 Å². The number of nitriles is 1. The van der Waals surface area contributed by atoms with Crippen LogP contribution in [-0.2, 0) is 4.79 Å². The second-order valence-electron chi connectivity index (χ2n) is 6.01. The van der Waals surface area contributed by atoms with Gasteiger partial charge in [0.05, 0.1) is 11.8 Å². The van der Waals surface area contributed by atoms with Crippen LogP contribution in [0.3, 0.4) is 0 Å². The lowest BCUT2D eigenvalue weighted by molar-refractivity contribution is -0.116. The zero-order valence-corrected chi connectivity index (χ0v) is 17.2. The predicted molar refractivity (Wildman–Crippen MR) is 114 cm³/mol. The molecule has 0 bridgehead atoms. The van der Waals surface area contributed by atoms with Crippen LogP contribution >= 0.6 is 23.1 Å². The Morgan fingerprint density at radius 3 is 2.71 bits per heavy atom. The van der Waals surface area contributed by atoms with E-state index in [1.165, 1.54) is 33.6 Å². The molecule has 0 spiro atoms. The molecule has 0 aliphatic heterocycles. The lowest BCUT2D eigenvalue weighted by atomic mass is 10.1. The van der Waals surface area contributed by atoms with E-state index in [4.69, 9.17) is 5.26 Å². The van der Waals surface area contributed by atoms with Gasteiger partial charge >= 0.3 is 0 Å². The van der Waals surface area contributed by atoms with Gasteiger partial charge in [0.2, 0.25) is 11.0 Å². The fraction of sp³-hybridized carbons (Fsp3) is 0.200. The number of hydrogen-bond donors (Lipinski definition) is 1. The van der Waals surface area contributed by atoms with Gasteiger partial charge in [-0.2, -0.15) is 5.26 Å². The lowest BCUT2D eigenvalue weighted by Crippen LogP contribution is -2.32. The largest absolute Gasteiger partial charge is 0.330 e. The van der Waals surface area contributed by atoms with E-state index in [-0.39, 0.29) is 18.2 Å². The number of aromatic nitrogens is 2. The average Bonchev–Trinajstić information content (AvgIpc) is 3.16. The molecular formula is C20H19N5OS2. The summed E-state index contributed by atoms with van der Waals surface area (Å²) in [5, 5.41) is 21.3. The molecule has 1 heterocycles. The minimum Gasteiger partial charge on any atom is -0.330 e. The van der Waals surface area contributed by atoms with E-state index >= 15 is 0 Å². The number of thioether (sulfide) groups is 1. The fourth-order valence-corrected chi connectivity index (χ4v) is 4.16. The Morgan fingerprint density at radius 1 is 1.18 bits per heavy atom. The third kappa shape index (κ3) is 4.88. The van der Waals surface area contributed by atoms with Gasteiger partial charge in [0, 0.05) is 11.4 Å². The Bertz CT molecular complexity index is 997. The molecule has 6 nitrogen and oxygen atoms in total. The maximum absolute atomic E-state index is 12.6. The summed E-state index contributed by atoms with van der Waals surface area (Å²) < 4.78 is 0.700. The van der Waals surface area contributed by atoms with Gasteiger partial charge in [-0.15, -0.1) is 10.2 Å². The second kappa shape index (κ2) is 9.35. The number of aryl methyl sites for hydroxylation is 1. The lowest BCUT2D eigenvalue weighted by Gasteiger charge is -2.19. The van der Waals surface area contributed by atoms with Crippen LogP contribution in [0.25, 0.3) is 0 Å². The molecule has 28 heavy (non-hydrogen) atoms. The van der Waals surface area contributed by atoms with Gasteiger partial charge in [-0.25, -0.2) is 0 Å². The first kappa shape index (κ1) is 19.9. The summed E-state index contributed by atoms with van der Waals surface area (Å²) in [4.78, 5) is 14.1. The number of hydrogen-bond acceptors (Lipinski definition) is 7. The molecule has 8 heteroatoms. The standard InChI is InChI=1S/C20H19N5OS2/c1-14-7-6-10-17(15(14)2)22-19-23-24-20(28-19)27-13-18(26)25(12-11-21)16-8-4-3-5-9-16/h3-10H,12-13H2,1-2H3,(H,22,23). The van der Waals surface area contributed by atoms with Crippen molar-refractivity contribution in [2.45, 2.75) is 18.2 Å². The summed E-state index contributed by atoms with van der Waals surface area (Å²) in [6.45, 7) is 4.13. The summed E-state index contributed by atoms with van der Waals surface area (Å²) >= 11 is 2.72. The highest BCUT2D eigenvalue weighted by atomic mass is 32.2. The molecule has 0 radical (unpaired) electrons. The van der Waals surface area contributed by atoms with Gasteiger partial charge in [0.1, 0.15) is 6.54 Å². The molecular weight excluding hydrogens is 390 g/mol. The van der Waals surface area contributed by atoms with Crippen molar-refractivity contribution in [3.05, 3.63) is 59.7 Å². The minimum absolute atomic E-state index is 0.0129. The number of amides is 1. The normalized spacial score (nSPS) is 10.3. The number of anilines is 3. The molecule has 0 saturated heterocycles. The third-order valence-electron chi connectivity index (χ3n) is 4.17. The maximum atomic E-state index is 12.6. The summed E-state index contributed by atoms with van der Waals surface area (Å²) in [5.41, 5.74) is 4.07. The first-order valence-electron chi connectivity index (χ1n) is 8.60. The molecule has 0 unspecified atom stereocenters. The van der Waals surface area contributed by atoms with Crippen LogP contribution in [0, 0.1) is 25.2 Å². The number of rotatable bonds is 7. The van der Waals surface area contributed by atoms with Crippen molar-refractivity contribution in [3.63, 3.8) is 0 Å². The van der Waals surface area contributed by atoms with Crippen molar-refractivity contribution >= 4 is 45.5 Å². The molecule has 1 aromatic heterocycles. The van der Waals surface area contributed by atoms with Crippen LogP contribution in [-0.4, -0.2) is 28.4 Å². The Labute approximate surface area is 172 Å². The second-order valence-corrected chi connectivity index (χ2v) is 8.21. The zero-order valence-electron chi connectivity index (χ0n) is 15.5. The molecule has 142 valence electrons. The highest BCUT2D eigenvalue weighted by Crippen LogP contribution is 2.29. The zero-order chi connectivity index (χ0) is 19.9. The molecule has 1 amide bonds. The average molecular weight is 410 g/mol. The highest BCUT2D eigenvalue weighted by molar-refractivity contribution is 8.01. The number of nitrogens with zero attached hydrogens (tertiary/aromatic N) is 4. The van der Waals surface area contributed by atoms with E-state index in [0.717, 1.165) is 11.3 Å². The number of nitrogens with one attached hydrogen (secondary N) is 1. The molecule has 0 fully saturated rings. The topological polar surface area (TPSA) is 81.9 Å². The van der Waals surface area contributed by atoms with E-state index in [1.54, 1.807) is 0 Å². The van der Waals surface area contributed by atoms with E-state index in [1.807, 2.05) is 48.5 Å². The third-order valence-corrected chi connectivity index (χ3v) is 6.13. The van der Waals surface area contributed by atoms with Gasteiger partial charge in [-0.05, 0) is 43.2 Å². The van der Waals surface area contributed by atoms with E-state index in [0.29, 0.717) is 15.2 Å². The van der Waals surface area contributed by atoms with Gasteiger partial charge < -0.3 is 5.32 Å². The van der Waals surface area contributed by atoms with Crippen LogP contribution in [0.2, 0.25) is 0 Å². The van der Waals surface area contributed by atoms with Gasteiger partial charge in [-0.1, -0.05) is 53.4 Å². The monoisotopic (exact) mass is 409 g/mol. The fourth-order valence-electron chi connectivity index (χ4n) is 2.52. The van der Waals surface area contributed by atoms with Crippen LogP contribution in [0.5, 0.6) is 0 Å². The first-order valence-corrected chi connectivity index (χ1v) is 10.4. The van der Waals surface area contributed by atoms with Crippen LogP contribution < -0.4 is 10.2 Å². The summed E-state index contributed by atoms with van der Waals surface area (Å²) in [5.74, 6) is 0.0475. The first-order chi connectivity index (χ1) is 13.6. The van der Waals surface area contributed by atoms with Gasteiger partial charge in [0.25, 0.3) is 0 Å². The Balaban J connectivity index is 1.62. The molecule has 1 N–H and O–H groups in total. The van der Waals surface area contributed by atoms with Crippen molar-refractivity contribution in [3.8, 4) is 6.07 Å². The summed E-state index contributed by atoms with van der Waals surface area (Å²) in [6.07, 6.45) is 0. The number of benzene rings is 2. The molecule has 2 aromatic carbocycles. The molecule has 3 aromatic rings. The SMILES string of the molecule is Cc1cccc(Nc2nnc(SCC(=O)N(CC#N)c3ccccc3)s2)c1C. The van der Waals surface area contributed by atoms with Crippen molar-refractivity contribution in [2.75, 3.05) is 22.5 Å². The van der Waals surface area contributed by atoms with Crippen molar-refractivity contribution in [1.82, 2.24) is 10.2 Å². The predicted octanol–water partition coefficient (Wildman–Crippen LogP) is 4.55. The van der Waals surface area contributed by atoms with Crippen LogP contribution in [0.4, 0.5) is 16.5 Å². The molecule has 3 rings (SSSR count). The van der Waals surface area contributed by atoms with E-state index < -0.39 is 0 Å². The molecule has 0 saturated carbocycles. The smallest absolute Gasteiger partial charge is 0.238 e. The summed E-state index contributed by atoms with van der Waals surface area (Å²) in [7, 11) is 0. The summed E-state index contributed by atoms with van der Waals surface area (Å²) in [6, 6.07) is 17.3. The van der Waals surface area contributed by atoms with E-state index in [2.05, 4.69) is 35.4 Å². The quantitative estimate of drug-likeness (QED) is 0.455. The molecule has 0 aliphatic rings. The molecule has 0 aliphatic carbocycles. The molecule has 0 atom stereocenters. The van der Waals surface area contributed by atoms with Crippen LogP contribution in [0.15, 0.2) is 52.9 Å². The number of carbonyl (C=O) groups is 1. The van der Waals surface area contributed by atoms with Crippen molar-refractivity contribution < 1.29 is 4.79 Å². The van der Waals surface area contributed by atoms with Crippen LogP contribution in [0.1, 0.15) is 11.1 Å². The Morgan fingerprint density at radius 2 is 1.96 bits per heavy atom. The van der Waals surface area contributed by atoms with Gasteiger partial charge in [-0.3, -0.25) is 9.69 Å². The number of para-hydroxylation sites is 1. The maximum Gasteiger partial charge on any atom is 0.238 e. The van der Waals surface area contributed by atoms with Crippen molar-refractivity contribution in [1.29, 1.82) is 5.26 Å².